The van der Waals surface area contributed by atoms with Crippen molar-refractivity contribution in [1.82, 2.24) is 0 Å². The maximum atomic E-state index is 14.1. The van der Waals surface area contributed by atoms with Gasteiger partial charge in [-0.05, 0) is 54.4 Å². The molecule has 3 aromatic rings. The van der Waals surface area contributed by atoms with Crippen molar-refractivity contribution in [3.05, 3.63) is 100 Å². The van der Waals surface area contributed by atoms with Crippen molar-refractivity contribution in [2.75, 3.05) is 10.2 Å². The number of rotatable bonds is 3. The van der Waals surface area contributed by atoms with Gasteiger partial charge in [0.25, 0.3) is 0 Å². The molecule has 0 aliphatic carbocycles. The summed E-state index contributed by atoms with van der Waals surface area (Å²) in [6, 6.07) is 14.0. The molecule has 2 heterocycles. The van der Waals surface area contributed by atoms with Gasteiger partial charge in [0.1, 0.15) is 17.6 Å². The van der Waals surface area contributed by atoms with E-state index in [0.29, 0.717) is 11.1 Å². The highest BCUT2D eigenvalue weighted by Crippen LogP contribution is 2.39. The highest BCUT2D eigenvalue weighted by atomic mass is 32.2. The minimum Gasteiger partial charge on any atom is -0.356 e. The summed E-state index contributed by atoms with van der Waals surface area (Å²) >= 11 is 0. The van der Waals surface area contributed by atoms with Crippen LogP contribution in [0.4, 0.5) is 20.2 Å². The summed E-state index contributed by atoms with van der Waals surface area (Å²) in [6.45, 7) is 1.57. The van der Waals surface area contributed by atoms with Gasteiger partial charge in [0.2, 0.25) is 15.7 Å². The molecule has 1 atom stereocenters. The van der Waals surface area contributed by atoms with Crippen molar-refractivity contribution in [3.8, 4) is 0 Å². The zero-order valence-electron chi connectivity index (χ0n) is 17.9. The van der Waals surface area contributed by atoms with Crippen LogP contribution in [0.25, 0.3) is 0 Å². The number of carbonyl (C=O) groups excluding carboxylic acids is 2. The standard InChI is InChI=1S/C25H18F2N2O4S/c1-14-10-15(6-8-18(14)27)12-29-21-9-7-16(26)11-17(21)24(30)23(25(29)31)20-13-34(32,33)22-5-3-2-4-19(22)28-20/h2-11,13,23,28H,12H2,1H3. The number of sulfone groups is 1. The molecule has 34 heavy (non-hydrogen) atoms. The number of carbonyl (C=O) groups is 2. The van der Waals surface area contributed by atoms with Gasteiger partial charge in [-0.3, -0.25) is 9.59 Å². The van der Waals surface area contributed by atoms with Crippen LogP contribution in [-0.4, -0.2) is 20.1 Å². The number of hydrogen-bond acceptors (Lipinski definition) is 5. The molecule has 2 aliphatic rings. The zero-order valence-corrected chi connectivity index (χ0v) is 18.7. The fourth-order valence-electron chi connectivity index (χ4n) is 4.28. The predicted octanol–water partition coefficient (Wildman–Crippen LogP) is 4.36. The quantitative estimate of drug-likeness (QED) is 0.564. The molecular weight excluding hydrogens is 462 g/mol. The van der Waals surface area contributed by atoms with Crippen molar-refractivity contribution in [1.29, 1.82) is 0 Å². The third kappa shape index (κ3) is 3.58. The van der Waals surface area contributed by atoms with Gasteiger partial charge in [-0.15, -0.1) is 0 Å². The molecule has 172 valence electrons. The van der Waals surface area contributed by atoms with Crippen LogP contribution in [0.15, 0.2) is 76.7 Å². The molecule has 9 heteroatoms. The number of Topliss-reactive ketones (excluding diaryl/α,β-unsaturated/α-hetero) is 1. The van der Waals surface area contributed by atoms with Gasteiger partial charge in [-0.2, -0.15) is 0 Å². The van der Waals surface area contributed by atoms with E-state index in [-0.39, 0.29) is 34.1 Å². The topological polar surface area (TPSA) is 83.6 Å². The number of aryl methyl sites for hydroxylation is 1. The molecule has 3 aromatic carbocycles. The molecule has 0 fully saturated rings. The number of amides is 1. The van der Waals surface area contributed by atoms with Crippen LogP contribution in [0.2, 0.25) is 0 Å². The van der Waals surface area contributed by atoms with Crippen LogP contribution in [-0.2, 0) is 21.2 Å². The average Bonchev–Trinajstić information content (AvgIpc) is 2.79. The van der Waals surface area contributed by atoms with Gasteiger partial charge in [-0.25, -0.2) is 17.2 Å². The fraction of sp³-hybridized carbons (Fsp3) is 0.120. The van der Waals surface area contributed by atoms with Crippen LogP contribution >= 0.6 is 0 Å². The van der Waals surface area contributed by atoms with E-state index in [2.05, 4.69) is 5.32 Å². The number of nitrogens with zero attached hydrogens (tertiary/aromatic N) is 1. The molecule has 6 nitrogen and oxygen atoms in total. The fourth-order valence-corrected chi connectivity index (χ4v) is 5.63. The summed E-state index contributed by atoms with van der Waals surface area (Å²) in [4.78, 5) is 28.3. The van der Waals surface area contributed by atoms with Gasteiger partial charge in [0, 0.05) is 11.3 Å². The normalized spacial score (nSPS) is 18.6. The molecule has 1 N–H and O–H groups in total. The van der Waals surface area contributed by atoms with E-state index in [4.69, 9.17) is 0 Å². The number of halogens is 2. The van der Waals surface area contributed by atoms with Crippen molar-refractivity contribution in [2.45, 2.75) is 18.4 Å². The number of para-hydroxylation sites is 1. The molecule has 0 saturated carbocycles. The lowest BCUT2D eigenvalue weighted by molar-refractivity contribution is -0.120. The maximum absolute atomic E-state index is 14.1. The Labute approximate surface area is 194 Å². The molecular formula is C25H18F2N2O4S. The molecule has 2 aliphatic heterocycles. The van der Waals surface area contributed by atoms with Crippen molar-refractivity contribution >= 4 is 32.9 Å². The second kappa shape index (κ2) is 7.88. The average molecular weight is 480 g/mol. The van der Waals surface area contributed by atoms with E-state index < -0.39 is 39.1 Å². The predicted molar refractivity (Wildman–Crippen MR) is 122 cm³/mol. The molecule has 1 amide bonds. The summed E-state index contributed by atoms with van der Waals surface area (Å²) in [5.41, 5.74) is 1.28. The van der Waals surface area contributed by atoms with E-state index in [1.807, 2.05) is 0 Å². The van der Waals surface area contributed by atoms with Crippen molar-refractivity contribution in [3.63, 3.8) is 0 Å². The third-order valence-electron chi connectivity index (χ3n) is 5.92. The van der Waals surface area contributed by atoms with Gasteiger partial charge >= 0.3 is 0 Å². The summed E-state index contributed by atoms with van der Waals surface area (Å²) in [6.07, 6.45) is 0. The Hall–Kier alpha value is -3.85. The minimum atomic E-state index is -3.92. The van der Waals surface area contributed by atoms with E-state index >= 15 is 0 Å². The molecule has 5 rings (SSSR count). The smallest absolute Gasteiger partial charge is 0.244 e. The molecule has 0 saturated heterocycles. The summed E-state index contributed by atoms with van der Waals surface area (Å²) in [5, 5.41) is 3.78. The van der Waals surface area contributed by atoms with E-state index in [0.717, 1.165) is 17.5 Å². The number of hydrogen-bond donors (Lipinski definition) is 1. The Kier molecular flexibility index (Phi) is 5.09. The Bertz CT molecular complexity index is 1520. The van der Waals surface area contributed by atoms with Crippen LogP contribution in [0.1, 0.15) is 21.5 Å². The maximum Gasteiger partial charge on any atom is 0.244 e. The SMILES string of the molecule is Cc1cc(CN2C(=O)C(C3=CS(=O)(=O)c4ccccc4N3)C(=O)c3cc(F)ccc32)ccc1F. The first-order chi connectivity index (χ1) is 16.2. The van der Waals surface area contributed by atoms with E-state index in [1.165, 1.54) is 35.2 Å². The minimum absolute atomic E-state index is 0.0149. The second-order valence-corrected chi connectivity index (χ2v) is 9.97. The Balaban J connectivity index is 1.62. The Morgan fingerprint density at radius 1 is 1.00 bits per heavy atom. The molecule has 0 spiro atoms. The van der Waals surface area contributed by atoms with Crippen LogP contribution in [0.5, 0.6) is 0 Å². The van der Waals surface area contributed by atoms with Crippen molar-refractivity contribution in [2.24, 2.45) is 5.92 Å². The highest BCUT2D eigenvalue weighted by molar-refractivity contribution is 7.94. The number of fused-ring (bicyclic) bond motifs is 2. The summed E-state index contributed by atoms with van der Waals surface area (Å²) in [7, 11) is -3.92. The monoisotopic (exact) mass is 480 g/mol. The van der Waals surface area contributed by atoms with Gasteiger partial charge < -0.3 is 10.2 Å². The number of benzene rings is 3. The van der Waals surface area contributed by atoms with Crippen LogP contribution < -0.4 is 10.2 Å². The second-order valence-electron chi connectivity index (χ2n) is 8.21. The Morgan fingerprint density at radius 2 is 1.76 bits per heavy atom. The van der Waals surface area contributed by atoms with E-state index in [9.17, 15) is 26.8 Å². The number of anilines is 2. The van der Waals surface area contributed by atoms with Gasteiger partial charge in [0.05, 0.1) is 28.2 Å². The first-order valence-electron chi connectivity index (χ1n) is 10.4. The van der Waals surface area contributed by atoms with Crippen LogP contribution in [0.3, 0.4) is 0 Å². The summed E-state index contributed by atoms with van der Waals surface area (Å²) < 4.78 is 53.5. The zero-order chi connectivity index (χ0) is 24.2. The molecule has 1 unspecified atom stereocenters. The number of ketones is 1. The van der Waals surface area contributed by atoms with Crippen molar-refractivity contribution < 1.29 is 26.8 Å². The largest absolute Gasteiger partial charge is 0.356 e. The number of nitrogens with one attached hydrogen (secondary N) is 1. The highest BCUT2D eigenvalue weighted by Gasteiger charge is 2.44. The van der Waals surface area contributed by atoms with Crippen LogP contribution in [0, 0.1) is 24.5 Å². The Morgan fingerprint density at radius 3 is 2.53 bits per heavy atom. The van der Waals surface area contributed by atoms with Gasteiger partial charge in [-0.1, -0.05) is 24.3 Å². The molecule has 0 radical (unpaired) electrons. The molecule has 0 bridgehead atoms. The third-order valence-corrected chi connectivity index (χ3v) is 7.45. The lowest BCUT2D eigenvalue weighted by Crippen LogP contribution is -2.46. The lowest BCUT2D eigenvalue weighted by atomic mass is 9.87. The molecule has 0 aromatic heterocycles. The first kappa shape index (κ1) is 22.0. The lowest BCUT2D eigenvalue weighted by Gasteiger charge is -2.35. The van der Waals surface area contributed by atoms with E-state index in [1.54, 1.807) is 25.1 Å². The first-order valence-corrected chi connectivity index (χ1v) is 11.9. The van der Waals surface area contributed by atoms with Gasteiger partial charge in [0.15, 0.2) is 5.78 Å². The summed E-state index contributed by atoms with van der Waals surface area (Å²) in [5.74, 6) is -3.95.